The summed E-state index contributed by atoms with van der Waals surface area (Å²) in [4.78, 5) is 21.1. The number of hydrogen-bond acceptors (Lipinski definition) is 6. The summed E-state index contributed by atoms with van der Waals surface area (Å²) in [6.45, 7) is 7.44. The maximum Gasteiger partial charge on any atom is 0.365 e. The van der Waals surface area contributed by atoms with E-state index in [9.17, 15) is 9.18 Å². The molecule has 0 amide bonds. The molecule has 9 nitrogen and oxygen atoms in total. The Bertz CT molecular complexity index is 1440. The molecule has 0 radical (unpaired) electrons. The van der Waals surface area contributed by atoms with Crippen molar-refractivity contribution < 1.29 is 9.13 Å². The predicted molar refractivity (Wildman–Crippen MR) is 124 cm³/mol. The minimum atomic E-state index is -0.462. The number of aromatic amines is 2. The number of ether oxygens (including phenoxy) is 1. The highest BCUT2D eigenvalue weighted by Gasteiger charge is 2.12. The Morgan fingerprint density at radius 1 is 1.30 bits per heavy atom. The molecule has 2 N–H and O–H groups in total. The van der Waals surface area contributed by atoms with E-state index in [2.05, 4.69) is 32.1 Å². The van der Waals surface area contributed by atoms with Crippen LogP contribution < -0.4 is 10.4 Å². The minimum absolute atomic E-state index is 0.190. The van der Waals surface area contributed by atoms with E-state index in [1.54, 1.807) is 42.6 Å². The van der Waals surface area contributed by atoms with Crippen LogP contribution in [0.3, 0.4) is 0 Å². The largest absolute Gasteiger partial charge is 0.426 e. The molecule has 2 heterocycles. The summed E-state index contributed by atoms with van der Waals surface area (Å²) in [6, 6.07) is 8.37. The highest BCUT2D eigenvalue weighted by Crippen LogP contribution is 2.27. The molecule has 4 rings (SSSR count). The number of fused-ring (bicyclic) bond motifs is 1. The minimum Gasteiger partial charge on any atom is -0.426 e. The van der Waals surface area contributed by atoms with E-state index in [-0.39, 0.29) is 6.01 Å². The third-order valence-corrected chi connectivity index (χ3v) is 5.07. The lowest BCUT2D eigenvalue weighted by Crippen LogP contribution is -2.17. The SMILES string of the molecule is C=C/C=C(\C)N(C)/C=C\c1cc2nc(Oc3ccc(C)c(-n4nn[nH]c4=O)c3)[nH]c2cc1F. The molecular weight excluding hydrogens is 425 g/mol. The van der Waals surface area contributed by atoms with E-state index < -0.39 is 11.5 Å². The molecule has 2 aromatic heterocycles. The fourth-order valence-corrected chi connectivity index (χ4v) is 3.14. The van der Waals surface area contributed by atoms with Gasteiger partial charge in [0.1, 0.15) is 11.6 Å². The molecule has 10 heteroatoms. The van der Waals surface area contributed by atoms with Crippen LogP contribution in [-0.4, -0.2) is 42.1 Å². The summed E-state index contributed by atoms with van der Waals surface area (Å²) in [6.07, 6.45) is 6.99. The molecule has 0 aliphatic rings. The smallest absolute Gasteiger partial charge is 0.365 e. The average Bonchev–Trinajstić information content (AvgIpc) is 3.38. The Balaban J connectivity index is 1.61. The highest BCUT2D eigenvalue weighted by molar-refractivity contribution is 5.79. The molecule has 0 saturated carbocycles. The van der Waals surface area contributed by atoms with Gasteiger partial charge in [-0.25, -0.2) is 14.3 Å². The van der Waals surface area contributed by atoms with Gasteiger partial charge in [-0.1, -0.05) is 18.7 Å². The van der Waals surface area contributed by atoms with E-state index in [4.69, 9.17) is 4.74 Å². The van der Waals surface area contributed by atoms with Crippen molar-refractivity contribution in [3.63, 3.8) is 0 Å². The second-order valence-corrected chi connectivity index (χ2v) is 7.37. The summed E-state index contributed by atoms with van der Waals surface area (Å²) >= 11 is 0. The van der Waals surface area contributed by atoms with Gasteiger partial charge in [0.05, 0.1) is 16.7 Å². The summed E-state index contributed by atoms with van der Waals surface area (Å²) in [5.41, 5.74) is 3.26. The van der Waals surface area contributed by atoms with Crippen molar-refractivity contribution in [2.75, 3.05) is 7.05 Å². The third kappa shape index (κ3) is 4.59. The predicted octanol–water partition coefficient (Wildman–Crippen LogP) is 4.06. The van der Waals surface area contributed by atoms with Crippen molar-refractivity contribution in [3.8, 4) is 17.4 Å². The molecule has 33 heavy (non-hydrogen) atoms. The van der Waals surface area contributed by atoms with Gasteiger partial charge in [0.15, 0.2) is 0 Å². The van der Waals surface area contributed by atoms with Crippen molar-refractivity contribution in [1.29, 1.82) is 0 Å². The van der Waals surface area contributed by atoms with Gasteiger partial charge in [-0.2, -0.15) is 9.67 Å². The zero-order valence-corrected chi connectivity index (χ0v) is 18.3. The molecular formula is C23H22FN7O2. The summed E-state index contributed by atoms with van der Waals surface area (Å²) < 4.78 is 21.6. The van der Waals surface area contributed by atoms with Gasteiger partial charge < -0.3 is 14.6 Å². The number of nitrogens with one attached hydrogen (secondary N) is 2. The molecule has 0 atom stereocenters. The third-order valence-electron chi connectivity index (χ3n) is 5.07. The molecule has 4 aromatic rings. The van der Waals surface area contributed by atoms with Crippen LogP contribution in [0.4, 0.5) is 4.39 Å². The number of aromatic nitrogens is 6. The zero-order valence-electron chi connectivity index (χ0n) is 18.3. The Labute approximate surface area is 188 Å². The van der Waals surface area contributed by atoms with Gasteiger partial charge in [-0.05, 0) is 54.1 Å². The molecule has 0 bridgehead atoms. The Morgan fingerprint density at radius 2 is 2.12 bits per heavy atom. The zero-order chi connectivity index (χ0) is 23.5. The normalized spacial score (nSPS) is 11.9. The van der Waals surface area contributed by atoms with Crippen molar-refractivity contribution >= 4 is 17.1 Å². The van der Waals surface area contributed by atoms with E-state index in [1.807, 2.05) is 31.9 Å². The van der Waals surface area contributed by atoms with Crippen LogP contribution in [0.5, 0.6) is 11.8 Å². The average molecular weight is 447 g/mol. The molecule has 2 aromatic carbocycles. The van der Waals surface area contributed by atoms with Crippen LogP contribution in [0.15, 0.2) is 65.8 Å². The molecule has 0 saturated heterocycles. The Morgan fingerprint density at radius 3 is 2.85 bits per heavy atom. The van der Waals surface area contributed by atoms with Crippen molar-refractivity contribution in [3.05, 3.63) is 88.4 Å². The first-order chi connectivity index (χ1) is 15.9. The van der Waals surface area contributed by atoms with Gasteiger partial charge in [0.2, 0.25) is 0 Å². The first kappa shape index (κ1) is 21.8. The highest BCUT2D eigenvalue weighted by atomic mass is 19.1. The van der Waals surface area contributed by atoms with Crippen LogP contribution >= 0.6 is 0 Å². The number of rotatable bonds is 7. The number of allylic oxidation sites excluding steroid dienone is 3. The number of H-pyrrole nitrogens is 2. The maximum atomic E-state index is 14.6. The first-order valence-electron chi connectivity index (χ1n) is 10.0. The van der Waals surface area contributed by atoms with Crippen LogP contribution in [0.25, 0.3) is 22.8 Å². The van der Waals surface area contributed by atoms with Crippen LogP contribution in [0, 0.1) is 12.7 Å². The number of tetrazole rings is 1. The maximum absolute atomic E-state index is 14.6. The number of aryl methyl sites for hydroxylation is 1. The fourth-order valence-electron chi connectivity index (χ4n) is 3.14. The van der Waals surface area contributed by atoms with E-state index in [1.165, 1.54) is 6.07 Å². The lowest BCUT2D eigenvalue weighted by Gasteiger charge is -2.13. The van der Waals surface area contributed by atoms with E-state index in [0.29, 0.717) is 28.0 Å². The van der Waals surface area contributed by atoms with Gasteiger partial charge in [-0.15, -0.1) is 0 Å². The summed E-state index contributed by atoms with van der Waals surface area (Å²) in [7, 11) is 1.87. The summed E-state index contributed by atoms with van der Waals surface area (Å²) in [5.74, 6) is 0.0342. The second kappa shape index (κ2) is 8.95. The van der Waals surface area contributed by atoms with Gasteiger partial charge in [-0.3, -0.25) is 0 Å². The number of hydrogen-bond donors (Lipinski definition) is 2. The molecule has 0 aliphatic heterocycles. The Kier molecular flexibility index (Phi) is 5.90. The van der Waals surface area contributed by atoms with Crippen molar-refractivity contribution in [1.82, 2.24) is 35.1 Å². The van der Waals surface area contributed by atoms with Gasteiger partial charge in [0.25, 0.3) is 6.01 Å². The molecule has 0 aliphatic carbocycles. The lowest BCUT2D eigenvalue weighted by molar-refractivity contribution is 0.449. The van der Waals surface area contributed by atoms with Crippen LogP contribution in [-0.2, 0) is 0 Å². The number of imidazole rings is 1. The van der Waals surface area contributed by atoms with Gasteiger partial charge in [0, 0.05) is 36.6 Å². The molecule has 0 spiro atoms. The fraction of sp³-hybridized carbons (Fsp3) is 0.130. The van der Waals surface area contributed by atoms with Crippen LogP contribution in [0.2, 0.25) is 0 Å². The van der Waals surface area contributed by atoms with Crippen molar-refractivity contribution in [2.24, 2.45) is 0 Å². The molecule has 0 unspecified atom stereocenters. The first-order valence-corrected chi connectivity index (χ1v) is 10.0. The topological polar surface area (TPSA) is 105 Å². The van der Waals surface area contributed by atoms with Gasteiger partial charge >= 0.3 is 5.69 Å². The second-order valence-electron chi connectivity index (χ2n) is 7.37. The Hall–Kier alpha value is -4.47. The number of halogens is 1. The number of benzene rings is 2. The van der Waals surface area contributed by atoms with E-state index >= 15 is 0 Å². The number of nitrogens with zero attached hydrogens (tertiary/aromatic N) is 5. The molecule has 0 fully saturated rings. The standard InChI is InChI=1S/C23H22FN7O2/c1-5-6-15(3)30(4)10-9-16-11-19-20(13-18(16)24)26-22(25-19)33-17-8-7-14(2)21(12-17)31-23(32)27-28-29-31/h5-13H,1H2,2-4H3,(H,25,26)(H,27,29,32)/b10-9-,15-6+. The van der Waals surface area contributed by atoms with E-state index in [0.717, 1.165) is 15.9 Å². The monoisotopic (exact) mass is 447 g/mol. The van der Waals surface area contributed by atoms with Crippen LogP contribution in [0.1, 0.15) is 18.1 Å². The summed E-state index contributed by atoms with van der Waals surface area (Å²) in [5, 5.41) is 9.52. The quantitative estimate of drug-likeness (QED) is 0.414. The van der Waals surface area contributed by atoms with Crippen molar-refractivity contribution in [2.45, 2.75) is 13.8 Å². The molecule has 168 valence electrons. The lowest BCUT2D eigenvalue weighted by atomic mass is 10.2.